The SMILES string of the molecule is Cc1cccc2c(SOOO)c(N=Nc3c(SOOO)cc4cc(S(=O)(=O)O)c(N=Nc5cc(Nc6nc(Cl)nc(Cl)n6)ccc5SOOO)c(O)c4c3N)ccc12. The van der Waals surface area contributed by atoms with Gasteiger partial charge in [0, 0.05) is 11.1 Å². The summed E-state index contributed by atoms with van der Waals surface area (Å²) in [6.07, 6.45) is 0. The van der Waals surface area contributed by atoms with Gasteiger partial charge < -0.3 is 16.2 Å². The van der Waals surface area contributed by atoms with E-state index in [0.29, 0.717) is 46.4 Å². The number of benzene rings is 5. The minimum Gasteiger partial charge on any atom is -0.505 e. The first kappa shape index (κ1) is 43.0. The molecule has 0 amide bonds. The van der Waals surface area contributed by atoms with Crippen molar-refractivity contribution in [3.05, 3.63) is 76.8 Å². The van der Waals surface area contributed by atoms with Gasteiger partial charge in [0.1, 0.15) is 27.6 Å². The fourth-order valence-corrected chi connectivity index (χ4v) is 7.73. The van der Waals surface area contributed by atoms with Crippen molar-refractivity contribution in [3.8, 4) is 5.75 Å². The third kappa shape index (κ3) is 9.81. The van der Waals surface area contributed by atoms with E-state index in [4.69, 9.17) is 49.0 Å². The molecule has 22 nitrogen and oxygen atoms in total. The summed E-state index contributed by atoms with van der Waals surface area (Å²) in [5.41, 5.74) is 6.52. The van der Waals surface area contributed by atoms with Crippen LogP contribution in [0.15, 0.2) is 101 Å². The number of rotatable bonds is 16. The van der Waals surface area contributed by atoms with E-state index in [2.05, 4.69) is 64.5 Å². The molecule has 1 aromatic heterocycles. The molecular formula is C30H21Cl2N9O13S4. The summed E-state index contributed by atoms with van der Waals surface area (Å²) in [5.74, 6) is -0.961. The smallest absolute Gasteiger partial charge is 0.296 e. The summed E-state index contributed by atoms with van der Waals surface area (Å²) >= 11 is 13.2. The molecular weight excluding hydrogens is 894 g/mol. The van der Waals surface area contributed by atoms with E-state index in [1.54, 1.807) is 24.3 Å². The molecule has 28 heteroatoms. The molecule has 0 aliphatic rings. The minimum absolute atomic E-state index is 0.0310. The number of fused-ring (bicyclic) bond motifs is 2. The molecule has 0 spiro atoms. The molecule has 8 N–H and O–H groups in total. The summed E-state index contributed by atoms with van der Waals surface area (Å²) in [6, 6.07) is 15.2. The predicted molar refractivity (Wildman–Crippen MR) is 208 cm³/mol. The first-order chi connectivity index (χ1) is 27.8. The topological polar surface area (TPSA) is 317 Å². The first-order valence-electron chi connectivity index (χ1n) is 15.2. The molecule has 0 fully saturated rings. The van der Waals surface area contributed by atoms with Crippen molar-refractivity contribution in [1.82, 2.24) is 15.0 Å². The van der Waals surface area contributed by atoms with Crippen LogP contribution < -0.4 is 11.1 Å². The number of nitrogens with one attached hydrogen (secondary N) is 1. The van der Waals surface area contributed by atoms with Crippen molar-refractivity contribution >= 4 is 131 Å². The molecule has 0 bridgehead atoms. The first-order valence-corrected chi connectivity index (χ1v) is 19.6. The number of nitrogens with zero attached hydrogens (tertiary/aromatic N) is 7. The van der Waals surface area contributed by atoms with Crippen LogP contribution in [0.2, 0.25) is 10.6 Å². The van der Waals surface area contributed by atoms with Crippen LogP contribution in [0.4, 0.5) is 40.1 Å². The lowest BCUT2D eigenvalue weighted by Gasteiger charge is -2.14. The fraction of sp³-hybridized carbons (Fsp3) is 0.0333. The molecule has 6 aromatic rings. The summed E-state index contributed by atoms with van der Waals surface area (Å²) < 4.78 is 49.5. The second-order valence-electron chi connectivity index (χ2n) is 10.9. The van der Waals surface area contributed by atoms with Gasteiger partial charge in [0.05, 0.1) is 61.9 Å². The van der Waals surface area contributed by atoms with Gasteiger partial charge in [0.2, 0.25) is 16.5 Å². The Morgan fingerprint density at radius 2 is 1.41 bits per heavy atom. The van der Waals surface area contributed by atoms with Gasteiger partial charge in [-0.1, -0.05) is 39.4 Å². The number of hydrogen-bond acceptors (Lipinski definition) is 24. The van der Waals surface area contributed by atoms with Crippen molar-refractivity contribution in [2.75, 3.05) is 11.1 Å². The number of aromatic nitrogens is 3. The Labute approximate surface area is 346 Å². The number of hydrogen-bond donors (Lipinski definition) is 7. The van der Waals surface area contributed by atoms with Crippen LogP contribution in [0.25, 0.3) is 21.5 Å². The maximum atomic E-state index is 12.7. The fourth-order valence-electron chi connectivity index (χ4n) is 5.23. The molecule has 0 unspecified atom stereocenters. The Balaban J connectivity index is 1.50. The number of aromatic hydroxyl groups is 1. The van der Waals surface area contributed by atoms with Crippen molar-refractivity contribution in [2.45, 2.75) is 26.5 Å². The third-order valence-electron chi connectivity index (χ3n) is 7.57. The number of phenols is 1. The van der Waals surface area contributed by atoms with E-state index < -0.39 is 26.5 Å². The van der Waals surface area contributed by atoms with E-state index in [1.165, 1.54) is 24.3 Å². The van der Waals surface area contributed by atoms with E-state index in [0.717, 1.165) is 17.0 Å². The van der Waals surface area contributed by atoms with E-state index in [9.17, 15) is 18.1 Å². The monoisotopic (exact) mass is 913 g/mol. The van der Waals surface area contributed by atoms with Gasteiger partial charge in [0.25, 0.3) is 10.1 Å². The third-order valence-corrected chi connectivity index (χ3v) is 10.8. The summed E-state index contributed by atoms with van der Waals surface area (Å²) in [6.45, 7) is 1.89. The second kappa shape index (κ2) is 19.0. The average molecular weight is 915 g/mol. The number of nitrogen functional groups attached to an aromatic ring is 1. The molecule has 0 aliphatic heterocycles. The van der Waals surface area contributed by atoms with Crippen LogP contribution in [0, 0.1) is 6.92 Å². The Morgan fingerprint density at radius 3 is 2.10 bits per heavy atom. The van der Waals surface area contributed by atoms with E-state index in [1.807, 2.05) is 13.0 Å². The Hall–Kier alpha value is -4.59. The number of aryl methyl sites for hydroxylation is 1. The molecule has 0 radical (unpaired) electrons. The van der Waals surface area contributed by atoms with Crippen LogP contribution >= 0.6 is 59.3 Å². The van der Waals surface area contributed by atoms with Crippen LogP contribution in [-0.4, -0.2) is 48.8 Å². The lowest BCUT2D eigenvalue weighted by atomic mass is 10.0. The predicted octanol–water partition coefficient (Wildman–Crippen LogP) is 10.2. The Kier molecular flexibility index (Phi) is 14.1. The van der Waals surface area contributed by atoms with Gasteiger partial charge in [-0.2, -0.15) is 23.4 Å². The Morgan fingerprint density at radius 1 is 0.759 bits per heavy atom. The van der Waals surface area contributed by atoms with E-state index in [-0.39, 0.29) is 65.5 Å². The number of azo groups is 2. The van der Waals surface area contributed by atoms with Crippen molar-refractivity contribution in [2.24, 2.45) is 20.5 Å². The molecule has 0 aliphatic carbocycles. The number of halogens is 2. The highest BCUT2D eigenvalue weighted by Crippen LogP contribution is 2.50. The highest BCUT2D eigenvalue weighted by atomic mass is 35.5. The van der Waals surface area contributed by atoms with Crippen LogP contribution in [0.3, 0.4) is 0 Å². The summed E-state index contributed by atoms with van der Waals surface area (Å²) in [4.78, 5) is 11.0. The zero-order chi connectivity index (χ0) is 41.6. The normalized spacial score (nSPS) is 12.1. The zero-order valence-electron chi connectivity index (χ0n) is 28.4. The molecule has 58 heavy (non-hydrogen) atoms. The molecule has 0 saturated carbocycles. The molecule has 302 valence electrons. The summed E-state index contributed by atoms with van der Waals surface area (Å²) in [5, 5.41) is 69.5. The van der Waals surface area contributed by atoms with Crippen LogP contribution in [0.1, 0.15) is 5.56 Å². The van der Waals surface area contributed by atoms with Crippen LogP contribution in [0.5, 0.6) is 5.75 Å². The second-order valence-corrected chi connectivity index (χ2v) is 15.2. The maximum Gasteiger partial charge on any atom is 0.296 e. The van der Waals surface area contributed by atoms with Crippen molar-refractivity contribution < 1.29 is 62.0 Å². The van der Waals surface area contributed by atoms with Crippen molar-refractivity contribution in [3.63, 3.8) is 0 Å². The molecule has 6 rings (SSSR count). The van der Waals surface area contributed by atoms with Gasteiger partial charge in [-0.05, 0) is 82.9 Å². The van der Waals surface area contributed by atoms with Crippen LogP contribution in [-0.2, 0) is 38.2 Å². The summed E-state index contributed by atoms with van der Waals surface area (Å²) in [7, 11) is -5.15. The highest BCUT2D eigenvalue weighted by molar-refractivity contribution is 7.95. The zero-order valence-corrected chi connectivity index (χ0v) is 33.2. The Bertz CT molecular complexity index is 2680. The molecule has 5 aromatic carbocycles. The minimum atomic E-state index is -5.15. The standard InChI is InChI=1S/C30H21Cl2N9O13S4/c1-12-3-2-4-16-15(12)6-7-17(27(16)57-54-51-45)38-40-24-20(56-53-50-44)9-13-10-21(58(46,47)48)25(26(42)22(13)23(24)33)41-39-18-11-14(5-8-19(18)55-52-49-43)34-30-36-28(31)35-29(32)37-30/h2-11,42-45H,33H2,1H3,(H,46,47,48)(H,34,35,36,37). The maximum absolute atomic E-state index is 12.7. The van der Waals surface area contributed by atoms with Gasteiger partial charge in [-0.15, -0.1) is 33.5 Å². The molecule has 1 heterocycles. The largest absolute Gasteiger partial charge is 0.505 e. The van der Waals surface area contributed by atoms with Gasteiger partial charge in [-0.3, -0.25) is 4.55 Å². The lowest BCUT2D eigenvalue weighted by Crippen LogP contribution is -2.00. The number of phenolic OH excluding ortho intramolecular Hbond substituents is 1. The lowest BCUT2D eigenvalue weighted by molar-refractivity contribution is -0.432. The van der Waals surface area contributed by atoms with Gasteiger partial charge >= 0.3 is 0 Å². The molecule has 0 atom stereocenters. The number of anilines is 3. The highest BCUT2D eigenvalue weighted by Gasteiger charge is 2.26. The average Bonchev–Trinajstić information content (AvgIpc) is 3.17. The van der Waals surface area contributed by atoms with Gasteiger partial charge in [0.15, 0.2) is 5.75 Å². The number of nitrogens with two attached hydrogens (primary N) is 1. The van der Waals surface area contributed by atoms with Gasteiger partial charge in [-0.25, -0.2) is 15.8 Å². The van der Waals surface area contributed by atoms with Crippen molar-refractivity contribution in [1.29, 1.82) is 0 Å². The quantitative estimate of drug-likeness (QED) is 0.0118. The molecule has 0 saturated heterocycles. The van der Waals surface area contributed by atoms with E-state index >= 15 is 0 Å².